The predicted molar refractivity (Wildman–Crippen MR) is 204 cm³/mol. The van der Waals surface area contributed by atoms with E-state index in [2.05, 4.69) is 9.47 Å². The highest BCUT2D eigenvalue weighted by Gasteiger charge is 2.26. The number of carbonyl (C=O) groups excluding carboxylic acids is 4. The van der Waals surface area contributed by atoms with Gasteiger partial charge in [-0.3, -0.25) is 9.59 Å². The van der Waals surface area contributed by atoms with Crippen molar-refractivity contribution in [3.05, 3.63) is 71.8 Å². The van der Waals surface area contributed by atoms with Crippen molar-refractivity contribution < 1.29 is 48.3 Å². The van der Waals surface area contributed by atoms with Crippen LogP contribution < -0.4 is 0 Å². The minimum Gasteiger partial charge on any atom is -0.469 e. The van der Waals surface area contributed by atoms with Crippen LogP contribution in [0.2, 0.25) is 0 Å². The fourth-order valence-corrected chi connectivity index (χ4v) is 6.86. The van der Waals surface area contributed by atoms with Crippen LogP contribution >= 0.6 is 0 Å². The lowest BCUT2D eigenvalue weighted by Gasteiger charge is -2.19. The van der Waals surface area contributed by atoms with Gasteiger partial charge in [0.25, 0.3) is 0 Å². The number of carbonyl (C=O) groups is 4. The lowest BCUT2D eigenvalue weighted by molar-refractivity contribution is -0.142. The molecule has 2 heterocycles. The molecule has 2 aliphatic carbocycles. The van der Waals surface area contributed by atoms with E-state index in [-0.39, 0.29) is 37.3 Å². The molecule has 6 rings (SSSR count). The summed E-state index contributed by atoms with van der Waals surface area (Å²) in [5.74, 6) is 1.13. The average molecular weight is 755 g/mol. The van der Waals surface area contributed by atoms with Crippen LogP contribution in [0.25, 0.3) is 0 Å². The normalized spacial score (nSPS) is 19.8. The summed E-state index contributed by atoms with van der Waals surface area (Å²) in [5.41, 5.74) is 1.94. The molecular weight excluding hydrogens is 692 g/mol. The molecule has 0 spiro atoms. The number of β-amino-alcohol motifs (C(OH)–C–C–N with tert-alkyl or cyclic N) is 2. The Bertz CT molecular complexity index is 1250. The molecule has 300 valence electrons. The number of nitrogens with zero attached hydrogens (tertiary/aromatic N) is 2. The summed E-state index contributed by atoms with van der Waals surface area (Å²) in [6.07, 6.45) is 13.8. The van der Waals surface area contributed by atoms with Crippen LogP contribution in [0.1, 0.15) is 101 Å². The Kier molecular flexibility index (Phi) is 21.1. The highest BCUT2D eigenvalue weighted by Crippen LogP contribution is 2.27. The highest BCUT2D eigenvalue weighted by atomic mass is 16.6. The van der Waals surface area contributed by atoms with E-state index in [0.29, 0.717) is 63.7 Å². The van der Waals surface area contributed by atoms with E-state index in [1.165, 1.54) is 88.2 Å². The number of benzene rings is 2. The van der Waals surface area contributed by atoms with Crippen molar-refractivity contribution >= 4 is 24.1 Å². The average Bonchev–Trinajstić information content (AvgIpc) is 3.86. The smallest absolute Gasteiger partial charge is 0.410 e. The molecule has 2 N–H and O–H groups in total. The summed E-state index contributed by atoms with van der Waals surface area (Å²) in [7, 11) is 2.93. The second-order valence-electron chi connectivity index (χ2n) is 14.4. The van der Waals surface area contributed by atoms with Crippen molar-refractivity contribution in [2.24, 2.45) is 11.8 Å². The van der Waals surface area contributed by atoms with Gasteiger partial charge in [-0.25, -0.2) is 9.59 Å². The van der Waals surface area contributed by atoms with Crippen molar-refractivity contribution in [2.75, 3.05) is 40.4 Å². The number of rotatable bonds is 8. The lowest BCUT2D eigenvalue weighted by Crippen LogP contribution is -2.30. The third kappa shape index (κ3) is 18.2. The summed E-state index contributed by atoms with van der Waals surface area (Å²) >= 11 is 0. The number of likely N-dealkylation sites (tertiary alicyclic amines) is 2. The topological polar surface area (TPSA) is 152 Å². The molecule has 12 heteroatoms. The molecule has 0 radical (unpaired) electrons. The van der Waals surface area contributed by atoms with Gasteiger partial charge >= 0.3 is 24.1 Å². The first kappa shape index (κ1) is 44.2. The Morgan fingerprint density at radius 1 is 0.556 bits per heavy atom. The van der Waals surface area contributed by atoms with E-state index in [9.17, 15) is 29.4 Å². The number of hydrogen-bond donors (Lipinski definition) is 2. The number of amides is 2. The van der Waals surface area contributed by atoms with Gasteiger partial charge in [-0.2, -0.15) is 0 Å². The Morgan fingerprint density at radius 3 is 1.20 bits per heavy atom. The first-order valence-corrected chi connectivity index (χ1v) is 19.6. The van der Waals surface area contributed by atoms with Crippen LogP contribution in [-0.4, -0.2) is 96.7 Å². The third-order valence-corrected chi connectivity index (χ3v) is 10.1. The molecule has 0 aromatic heterocycles. The molecule has 54 heavy (non-hydrogen) atoms. The fraction of sp³-hybridized carbons (Fsp3) is 0.619. The van der Waals surface area contributed by atoms with E-state index >= 15 is 0 Å². The summed E-state index contributed by atoms with van der Waals surface area (Å²) in [4.78, 5) is 47.9. The van der Waals surface area contributed by atoms with Crippen LogP contribution in [0.5, 0.6) is 0 Å². The predicted octanol–water partition coefficient (Wildman–Crippen LogP) is 7.04. The molecule has 1 unspecified atom stereocenters. The van der Waals surface area contributed by atoms with Crippen molar-refractivity contribution in [1.29, 1.82) is 0 Å². The Labute approximate surface area is 321 Å². The number of hydrogen-bond acceptors (Lipinski definition) is 10. The quantitative estimate of drug-likeness (QED) is 0.212. The molecule has 2 amide bonds. The standard InChI is InChI=1S/2C12H15NO3.2C9H16O2/c2*14-11-6-7-13(8-11)12(15)16-9-10-4-2-1-3-5-10;2*1-11-9(10)7-8-5-3-2-4-6-8/h2*1-5,11,14H,6-9H2;2*8H,2-7H2,1H3/t11-;;;/m1.../s1. The van der Waals surface area contributed by atoms with Gasteiger partial charge in [0, 0.05) is 39.0 Å². The minimum absolute atomic E-state index is 0.0445. The molecule has 2 aromatic carbocycles. The van der Waals surface area contributed by atoms with Crippen molar-refractivity contribution in [3.63, 3.8) is 0 Å². The maximum atomic E-state index is 11.6. The number of aliphatic hydroxyl groups is 2. The number of aliphatic hydroxyl groups excluding tert-OH is 2. The molecule has 4 aliphatic rings. The molecular formula is C42H62N2O10. The first-order valence-electron chi connectivity index (χ1n) is 19.6. The maximum Gasteiger partial charge on any atom is 0.410 e. The zero-order valence-electron chi connectivity index (χ0n) is 32.3. The Balaban J connectivity index is 0.000000197. The van der Waals surface area contributed by atoms with E-state index in [1.54, 1.807) is 0 Å². The molecule has 0 bridgehead atoms. The second-order valence-corrected chi connectivity index (χ2v) is 14.4. The molecule has 2 aliphatic heterocycles. The lowest BCUT2D eigenvalue weighted by atomic mass is 9.87. The van der Waals surface area contributed by atoms with Crippen molar-refractivity contribution in [1.82, 2.24) is 9.80 Å². The zero-order chi connectivity index (χ0) is 39.0. The van der Waals surface area contributed by atoms with Gasteiger partial charge in [0.05, 0.1) is 26.4 Å². The van der Waals surface area contributed by atoms with Gasteiger partial charge in [-0.1, -0.05) is 99.2 Å². The van der Waals surface area contributed by atoms with Crippen LogP contribution in [0.15, 0.2) is 60.7 Å². The van der Waals surface area contributed by atoms with E-state index in [4.69, 9.17) is 9.47 Å². The summed E-state index contributed by atoms with van der Waals surface area (Å²) in [6, 6.07) is 19.1. The molecule has 2 aromatic rings. The third-order valence-electron chi connectivity index (χ3n) is 10.1. The van der Waals surface area contributed by atoms with Crippen LogP contribution in [0.4, 0.5) is 9.59 Å². The van der Waals surface area contributed by atoms with Gasteiger partial charge in [-0.05, 0) is 61.5 Å². The van der Waals surface area contributed by atoms with Crippen LogP contribution in [0, 0.1) is 11.8 Å². The summed E-state index contributed by atoms with van der Waals surface area (Å²) < 4.78 is 19.5. The molecule has 2 saturated heterocycles. The van der Waals surface area contributed by atoms with E-state index < -0.39 is 12.2 Å². The van der Waals surface area contributed by atoms with Gasteiger partial charge < -0.3 is 39.0 Å². The Morgan fingerprint density at radius 2 is 0.907 bits per heavy atom. The molecule has 2 atom stereocenters. The number of ether oxygens (including phenoxy) is 4. The Hall–Kier alpha value is -4.16. The van der Waals surface area contributed by atoms with E-state index in [0.717, 1.165) is 11.1 Å². The SMILES string of the molecule is COC(=O)CC1CCCCC1.COC(=O)CC1CCCCC1.O=C(OCc1ccccc1)N1CCC(O)C1.O=C(OCc1ccccc1)N1CC[C@@H](O)C1. The van der Waals surface area contributed by atoms with Gasteiger partial charge in [0.15, 0.2) is 0 Å². The molecule has 2 saturated carbocycles. The van der Waals surface area contributed by atoms with Crippen molar-refractivity contribution in [3.8, 4) is 0 Å². The number of methoxy groups -OCH3 is 2. The van der Waals surface area contributed by atoms with Gasteiger partial charge in [-0.15, -0.1) is 0 Å². The minimum atomic E-state index is -0.399. The monoisotopic (exact) mass is 754 g/mol. The van der Waals surface area contributed by atoms with Gasteiger partial charge in [0.1, 0.15) is 13.2 Å². The maximum absolute atomic E-state index is 11.6. The fourth-order valence-electron chi connectivity index (χ4n) is 6.86. The van der Waals surface area contributed by atoms with E-state index in [1.807, 2.05) is 60.7 Å². The second kappa shape index (κ2) is 25.8. The number of esters is 2. The highest BCUT2D eigenvalue weighted by molar-refractivity contribution is 5.70. The summed E-state index contributed by atoms with van der Waals surface area (Å²) in [5, 5.41) is 18.6. The van der Waals surface area contributed by atoms with Crippen LogP contribution in [0.3, 0.4) is 0 Å². The summed E-state index contributed by atoms with van der Waals surface area (Å²) in [6.45, 7) is 2.49. The largest absolute Gasteiger partial charge is 0.469 e. The zero-order valence-corrected chi connectivity index (χ0v) is 32.3. The molecule has 4 fully saturated rings. The molecule has 12 nitrogen and oxygen atoms in total. The van der Waals surface area contributed by atoms with Crippen LogP contribution in [-0.2, 0) is 41.8 Å². The van der Waals surface area contributed by atoms with Crippen molar-refractivity contribution in [2.45, 2.75) is 115 Å². The van der Waals surface area contributed by atoms with Gasteiger partial charge in [0.2, 0.25) is 0 Å². The first-order chi connectivity index (χ1) is 26.2.